The Balaban J connectivity index is 1.79. The number of rotatable bonds is 9. The first-order valence-corrected chi connectivity index (χ1v) is 8.84. The zero-order valence-electron chi connectivity index (χ0n) is 16.0. The van der Waals surface area contributed by atoms with Crippen molar-refractivity contribution in [1.29, 1.82) is 5.26 Å². The third kappa shape index (κ3) is 6.65. The third-order valence-electron chi connectivity index (χ3n) is 4.02. The molecule has 7 nitrogen and oxygen atoms in total. The van der Waals surface area contributed by atoms with E-state index in [0.29, 0.717) is 30.2 Å². The van der Waals surface area contributed by atoms with E-state index in [9.17, 15) is 9.59 Å². The molecular weight excluding hydrogens is 358 g/mol. The molecule has 7 heteroatoms. The van der Waals surface area contributed by atoms with Crippen LogP contribution in [0, 0.1) is 11.3 Å². The standard InChI is InChI=1S/C21H23N3O4/c1-16(25)24(12-13-28-20-8-6-19(27-2)7-9-20)11-10-21(26)23-18-5-3-4-17(14-18)15-22/h3-9,14H,10-13H2,1-2H3,(H,23,26). The van der Waals surface area contributed by atoms with Crippen molar-refractivity contribution in [2.75, 3.05) is 32.1 Å². The van der Waals surface area contributed by atoms with E-state index < -0.39 is 0 Å². The number of hydrogen-bond donors (Lipinski definition) is 1. The summed E-state index contributed by atoms with van der Waals surface area (Å²) in [4.78, 5) is 25.5. The lowest BCUT2D eigenvalue weighted by Crippen LogP contribution is -2.35. The first kappa shape index (κ1) is 20.8. The van der Waals surface area contributed by atoms with Gasteiger partial charge in [-0.05, 0) is 42.5 Å². The van der Waals surface area contributed by atoms with Crippen LogP contribution in [0.2, 0.25) is 0 Å². The Hall–Kier alpha value is -3.53. The molecule has 146 valence electrons. The Morgan fingerprint density at radius 2 is 1.82 bits per heavy atom. The van der Waals surface area contributed by atoms with E-state index in [1.807, 2.05) is 6.07 Å². The molecule has 2 aromatic rings. The summed E-state index contributed by atoms with van der Waals surface area (Å²) in [6.45, 7) is 2.43. The minimum Gasteiger partial charge on any atom is -0.497 e. The van der Waals surface area contributed by atoms with E-state index in [2.05, 4.69) is 5.32 Å². The van der Waals surface area contributed by atoms with Gasteiger partial charge in [0.2, 0.25) is 11.8 Å². The van der Waals surface area contributed by atoms with Gasteiger partial charge in [-0.25, -0.2) is 0 Å². The molecule has 2 aromatic carbocycles. The van der Waals surface area contributed by atoms with Crippen molar-refractivity contribution < 1.29 is 19.1 Å². The maximum absolute atomic E-state index is 12.1. The smallest absolute Gasteiger partial charge is 0.226 e. The minimum atomic E-state index is -0.225. The summed E-state index contributed by atoms with van der Waals surface area (Å²) in [6.07, 6.45) is 0.152. The first-order valence-electron chi connectivity index (χ1n) is 8.84. The lowest BCUT2D eigenvalue weighted by molar-refractivity contribution is -0.129. The largest absolute Gasteiger partial charge is 0.497 e. The number of nitriles is 1. The lowest BCUT2D eigenvalue weighted by atomic mass is 10.2. The van der Waals surface area contributed by atoms with E-state index in [-0.39, 0.29) is 24.8 Å². The molecule has 1 N–H and O–H groups in total. The van der Waals surface area contributed by atoms with Gasteiger partial charge in [0, 0.05) is 25.6 Å². The third-order valence-corrected chi connectivity index (χ3v) is 4.02. The van der Waals surface area contributed by atoms with Gasteiger partial charge in [-0.1, -0.05) is 6.07 Å². The highest BCUT2D eigenvalue weighted by Gasteiger charge is 2.12. The quantitative estimate of drug-likeness (QED) is 0.721. The molecule has 0 bridgehead atoms. The van der Waals surface area contributed by atoms with E-state index in [1.165, 1.54) is 6.92 Å². The van der Waals surface area contributed by atoms with Crippen LogP contribution in [-0.4, -0.2) is 43.5 Å². The average molecular weight is 381 g/mol. The van der Waals surface area contributed by atoms with Crippen molar-refractivity contribution in [3.8, 4) is 17.6 Å². The molecule has 0 spiro atoms. The number of hydrogen-bond acceptors (Lipinski definition) is 5. The fourth-order valence-electron chi connectivity index (χ4n) is 2.50. The molecule has 0 heterocycles. The molecule has 0 fully saturated rings. The highest BCUT2D eigenvalue weighted by molar-refractivity contribution is 5.91. The zero-order valence-corrected chi connectivity index (χ0v) is 16.0. The van der Waals surface area contributed by atoms with Crippen LogP contribution in [0.15, 0.2) is 48.5 Å². The molecule has 0 aliphatic rings. The maximum atomic E-state index is 12.1. The zero-order chi connectivity index (χ0) is 20.4. The lowest BCUT2D eigenvalue weighted by Gasteiger charge is -2.21. The van der Waals surface area contributed by atoms with Gasteiger partial charge in [-0.15, -0.1) is 0 Å². The van der Waals surface area contributed by atoms with E-state index >= 15 is 0 Å². The number of amides is 2. The highest BCUT2D eigenvalue weighted by Crippen LogP contribution is 2.17. The molecular formula is C21H23N3O4. The summed E-state index contributed by atoms with van der Waals surface area (Å²) in [5.74, 6) is 1.07. The summed E-state index contributed by atoms with van der Waals surface area (Å²) < 4.78 is 10.7. The van der Waals surface area contributed by atoms with Crippen molar-refractivity contribution in [3.63, 3.8) is 0 Å². The maximum Gasteiger partial charge on any atom is 0.226 e. The summed E-state index contributed by atoms with van der Waals surface area (Å²) in [6, 6.07) is 15.9. The summed E-state index contributed by atoms with van der Waals surface area (Å²) in [5, 5.41) is 11.6. The molecule has 0 aliphatic carbocycles. The molecule has 0 radical (unpaired) electrons. The van der Waals surface area contributed by atoms with Gasteiger partial charge in [-0.2, -0.15) is 5.26 Å². The number of benzene rings is 2. The van der Waals surface area contributed by atoms with Crippen molar-refractivity contribution >= 4 is 17.5 Å². The molecule has 0 aromatic heterocycles. The molecule has 2 rings (SSSR count). The van der Waals surface area contributed by atoms with Crippen LogP contribution < -0.4 is 14.8 Å². The van der Waals surface area contributed by atoms with Crippen molar-refractivity contribution in [2.45, 2.75) is 13.3 Å². The number of anilines is 1. The van der Waals surface area contributed by atoms with E-state index in [4.69, 9.17) is 14.7 Å². The normalized spacial score (nSPS) is 9.89. The van der Waals surface area contributed by atoms with Gasteiger partial charge in [-0.3, -0.25) is 9.59 Å². The van der Waals surface area contributed by atoms with Crippen LogP contribution >= 0.6 is 0 Å². The monoisotopic (exact) mass is 381 g/mol. The molecule has 0 aliphatic heterocycles. The second-order valence-corrected chi connectivity index (χ2v) is 6.02. The fourth-order valence-corrected chi connectivity index (χ4v) is 2.50. The van der Waals surface area contributed by atoms with Crippen LogP contribution in [0.4, 0.5) is 5.69 Å². The van der Waals surface area contributed by atoms with Crippen LogP contribution in [0.3, 0.4) is 0 Å². The van der Waals surface area contributed by atoms with E-state index in [1.54, 1.807) is 60.5 Å². The highest BCUT2D eigenvalue weighted by atomic mass is 16.5. The van der Waals surface area contributed by atoms with Crippen LogP contribution in [-0.2, 0) is 9.59 Å². The topological polar surface area (TPSA) is 91.7 Å². The average Bonchev–Trinajstić information content (AvgIpc) is 2.70. The molecule has 0 atom stereocenters. The predicted octanol–water partition coefficient (Wildman–Crippen LogP) is 2.82. The van der Waals surface area contributed by atoms with Crippen molar-refractivity contribution in [1.82, 2.24) is 4.90 Å². The van der Waals surface area contributed by atoms with Crippen molar-refractivity contribution in [2.24, 2.45) is 0 Å². The molecule has 0 unspecified atom stereocenters. The van der Waals surface area contributed by atoms with Crippen LogP contribution in [0.5, 0.6) is 11.5 Å². The minimum absolute atomic E-state index is 0.127. The predicted molar refractivity (Wildman–Crippen MR) is 105 cm³/mol. The SMILES string of the molecule is COc1ccc(OCCN(CCC(=O)Nc2cccc(C#N)c2)C(C)=O)cc1. The molecule has 2 amide bonds. The number of ether oxygens (including phenoxy) is 2. The van der Waals surface area contributed by atoms with Crippen LogP contribution in [0.1, 0.15) is 18.9 Å². The molecule has 0 saturated heterocycles. The second-order valence-electron chi connectivity index (χ2n) is 6.02. The number of nitrogens with one attached hydrogen (secondary N) is 1. The Bertz CT molecular complexity index is 843. The summed E-state index contributed by atoms with van der Waals surface area (Å²) in [7, 11) is 1.59. The number of methoxy groups -OCH3 is 1. The number of carbonyl (C=O) groups excluding carboxylic acids is 2. The Morgan fingerprint density at radius 3 is 2.46 bits per heavy atom. The number of nitrogens with zero attached hydrogens (tertiary/aromatic N) is 2. The Labute approximate surface area is 164 Å². The van der Waals surface area contributed by atoms with Gasteiger partial charge in [0.05, 0.1) is 25.3 Å². The van der Waals surface area contributed by atoms with Gasteiger partial charge in [0.1, 0.15) is 18.1 Å². The van der Waals surface area contributed by atoms with Gasteiger partial charge in [0.15, 0.2) is 0 Å². The second kappa shape index (κ2) is 10.6. The molecule has 28 heavy (non-hydrogen) atoms. The van der Waals surface area contributed by atoms with Crippen molar-refractivity contribution in [3.05, 3.63) is 54.1 Å². The number of carbonyl (C=O) groups is 2. The molecule has 0 saturated carbocycles. The van der Waals surface area contributed by atoms with Gasteiger partial charge in [0.25, 0.3) is 0 Å². The van der Waals surface area contributed by atoms with Crippen LogP contribution in [0.25, 0.3) is 0 Å². The van der Waals surface area contributed by atoms with E-state index in [0.717, 1.165) is 5.75 Å². The first-order chi connectivity index (χ1) is 13.5. The Kier molecular flexibility index (Phi) is 7.85. The summed E-state index contributed by atoms with van der Waals surface area (Å²) >= 11 is 0. The van der Waals surface area contributed by atoms with Gasteiger partial charge < -0.3 is 19.7 Å². The summed E-state index contributed by atoms with van der Waals surface area (Å²) in [5.41, 5.74) is 1.03. The Morgan fingerprint density at radius 1 is 1.11 bits per heavy atom. The van der Waals surface area contributed by atoms with Gasteiger partial charge >= 0.3 is 0 Å². The fraction of sp³-hybridized carbons (Fsp3) is 0.286.